The van der Waals surface area contributed by atoms with Gasteiger partial charge in [-0.1, -0.05) is 12.1 Å². The minimum Gasteiger partial charge on any atom is -0.478 e. The number of aromatic nitrogens is 1. The van der Waals surface area contributed by atoms with Gasteiger partial charge < -0.3 is 18.9 Å². The number of hydroxylamine groups is 1. The second-order valence-electron chi connectivity index (χ2n) is 9.88. The third kappa shape index (κ3) is 4.18. The fourth-order valence-electron chi connectivity index (χ4n) is 5.59. The van der Waals surface area contributed by atoms with E-state index < -0.39 is 11.8 Å². The molecule has 38 heavy (non-hydrogen) atoms. The number of urea groups is 1. The molecule has 3 aliphatic heterocycles. The Hall–Kier alpha value is -3.93. The molecule has 11 heteroatoms. The molecule has 0 saturated carbocycles. The number of hydrogen-bond acceptors (Lipinski definition) is 7. The summed E-state index contributed by atoms with van der Waals surface area (Å²) in [6, 6.07) is 12.6. The van der Waals surface area contributed by atoms with Gasteiger partial charge in [0, 0.05) is 55.4 Å². The van der Waals surface area contributed by atoms with Crippen molar-refractivity contribution in [3.63, 3.8) is 0 Å². The predicted molar refractivity (Wildman–Crippen MR) is 136 cm³/mol. The van der Waals surface area contributed by atoms with Crippen LogP contribution >= 0.6 is 0 Å². The van der Waals surface area contributed by atoms with Crippen molar-refractivity contribution in [1.82, 2.24) is 24.7 Å². The van der Waals surface area contributed by atoms with E-state index in [0.717, 1.165) is 46.6 Å². The Morgan fingerprint density at radius 1 is 1.13 bits per heavy atom. The van der Waals surface area contributed by atoms with Gasteiger partial charge in [-0.15, -0.1) is 0 Å². The molecule has 11 nitrogen and oxygen atoms in total. The van der Waals surface area contributed by atoms with Gasteiger partial charge in [-0.25, -0.2) is 10.3 Å². The number of morpholine rings is 1. The fraction of sp³-hybridized carbons (Fsp3) is 0.370. The second kappa shape index (κ2) is 9.75. The molecule has 3 aromatic rings. The highest BCUT2D eigenvalue weighted by Crippen LogP contribution is 2.41. The summed E-state index contributed by atoms with van der Waals surface area (Å²) < 4.78 is 13.7. The van der Waals surface area contributed by atoms with Gasteiger partial charge in [0.25, 0.3) is 5.91 Å². The van der Waals surface area contributed by atoms with Crippen LogP contribution in [0.5, 0.6) is 5.75 Å². The highest BCUT2D eigenvalue weighted by atomic mass is 16.5. The third-order valence-electron chi connectivity index (χ3n) is 7.64. The topological polar surface area (TPSA) is 117 Å². The fourth-order valence-corrected chi connectivity index (χ4v) is 5.59. The average molecular weight is 520 g/mol. The molecule has 4 heterocycles. The Kier molecular flexibility index (Phi) is 6.26. The van der Waals surface area contributed by atoms with Gasteiger partial charge in [-0.2, -0.15) is 0 Å². The van der Waals surface area contributed by atoms with Crippen LogP contribution in [0, 0.1) is 0 Å². The third-order valence-corrected chi connectivity index (χ3v) is 7.64. The summed E-state index contributed by atoms with van der Waals surface area (Å²) in [7, 11) is 1.54. The molecule has 1 aromatic heterocycles. The van der Waals surface area contributed by atoms with Gasteiger partial charge in [-0.3, -0.25) is 24.6 Å². The maximum atomic E-state index is 13.2. The van der Waals surface area contributed by atoms with Gasteiger partial charge in [0.05, 0.1) is 25.7 Å². The number of carbonyl (C=O) groups is 3. The zero-order valence-electron chi connectivity index (χ0n) is 21.1. The number of fused-ring (bicyclic) bond motifs is 6. The molecule has 4 amide bonds. The highest BCUT2D eigenvalue weighted by molar-refractivity contribution is 6.04. The van der Waals surface area contributed by atoms with Crippen LogP contribution in [-0.2, 0) is 22.6 Å². The van der Waals surface area contributed by atoms with Crippen molar-refractivity contribution in [3.8, 4) is 5.75 Å². The lowest BCUT2D eigenvalue weighted by Crippen LogP contribution is -2.56. The molecule has 1 atom stereocenters. The molecule has 1 unspecified atom stereocenters. The Balaban J connectivity index is 1.39. The van der Waals surface area contributed by atoms with Crippen molar-refractivity contribution in [3.05, 3.63) is 64.8 Å². The quantitative estimate of drug-likeness (QED) is 0.378. The molecule has 6 rings (SSSR count). The van der Waals surface area contributed by atoms with Crippen molar-refractivity contribution in [2.24, 2.45) is 0 Å². The van der Waals surface area contributed by atoms with Crippen molar-refractivity contribution < 1.29 is 29.1 Å². The van der Waals surface area contributed by atoms with E-state index in [9.17, 15) is 14.4 Å². The number of carbonyl (C=O) groups excluding carboxylic acids is 3. The SMILES string of the molecule is CN1C(=O)C2CN(Cc3c2c2cc(OCN4CCOCC4)ccc2n3Cc2ccc(C(=O)NO)cc2)C1=O. The molecule has 2 fully saturated rings. The highest BCUT2D eigenvalue weighted by Gasteiger charge is 2.44. The maximum absolute atomic E-state index is 13.2. The van der Waals surface area contributed by atoms with Gasteiger partial charge in [0.1, 0.15) is 12.5 Å². The van der Waals surface area contributed by atoms with E-state index in [1.165, 1.54) is 11.9 Å². The molecule has 2 saturated heterocycles. The van der Waals surface area contributed by atoms with Crippen LogP contribution in [0.1, 0.15) is 33.1 Å². The zero-order valence-corrected chi connectivity index (χ0v) is 21.1. The van der Waals surface area contributed by atoms with Crippen molar-refractivity contribution in [2.75, 3.05) is 46.6 Å². The number of imide groups is 1. The lowest BCUT2D eigenvalue weighted by molar-refractivity contribution is -0.132. The average Bonchev–Trinajstić information content (AvgIpc) is 3.26. The lowest BCUT2D eigenvalue weighted by atomic mass is 9.89. The van der Waals surface area contributed by atoms with E-state index in [4.69, 9.17) is 14.7 Å². The van der Waals surface area contributed by atoms with Gasteiger partial charge in [0.15, 0.2) is 0 Å². The zero-order chi connectivity index (χ0) is 26.4. The molecular formula is C27H29N5O6. The van der Waals surface area contributed by atoms with Gasteiger partial charge in [0.2, 0.25) is 5.91 Å². The molecule has 0 spiro atoms. The number of hydrogen-bond donors (Lipinski definition) is 2. The summed E-state index contributed by atoms with van der Waals surface area (Å²) in [5, 5.41) is 9.85. The van der Waals surface area contributed by atoms with E-state index in [-0.39, 0.29) is 11.9 Å². The number of nitrogens with zero attached hydrogens (tertiary/aromatic N) is 4. The molecule has 2 aromatic carbocycles. The van der Waals surface area contributed by atoms with E-state index in [1.807, 2.05) is 30.3 Å². The normalized spacial score (nSPS) is 19.6. The summed E-state index contributed by atoms with van der Waals surface area (Å²) in [6.45, 7) is 4.72. The summed E-state index contributed by atoms with van der Waals surface area (Å²) in [6.07, 6.45) is 0. The van der Waals surface area contributed by atoms with Crippen molar-refractivity contribution in [1.29, 1.82) is 0 Å². The number of benzene rings is 2. The van der Waals surface area contributed by atoms with E-state index in [2.05, 4.69) is 9.47 Å². The minimum atomic E-state index is -0.577. The van der Waals surface area contributed by atoms with Gasteiger partial charge in [-0.05, 0) is 41.5 Å². The number of nitrogens with one attached hydrogen (secondary N) is 1. The number of ether oxygens (including phenoxy) is 2. The smallest absolute Gasteiger partial charge is 0.326 e. The lowest BCUT2D eigenvalue weighted by Gasteiger charge is -2.41. The van der Waals surface area contributed by atoms with Crippen molar-refractivity contribution >= 4 is 28.7 Å². The second-order valence-corrected chi connectivity index (χ2v) is 9.88. The van der Waals surface area contributed by atoms with E-state index in [1.54, 1.807) is 22.5 Å². The van der Waals surface area contributed by atoms with E-state index in [0.29, 0.717) is 45.1 Å². The molecule has 0 aliphatic carbocycles. The first kappa shape index (κ1) is 24.4. The largest absolute Gasteiger partial charge is 0.478 e. The molecule has 2 bridgehead atoms. The Labute approximate surface area is 219 Å². The standard InChI is InChI=1S/C27H29N5O6/c1-29-26(34)21-14-31(27(29)35)15-23-24(21)20-12-19(38-16-30-8-10-37-11-9-30)6-7-22(20)32(23)13-17-2-4-18(5-3-17)25(33)28-36/h2-7,12,21,36H,8-11,13-16H2,1H3,(H,28,33). The molecular weight excluding hydrogens is 490 g/mol. The van der Waals surface area contributed by atoms with Crippen LogP contribution in [0.15, 0.2) is 42.5 Å². The minimum absolute atomic E-state index is 0.203. The Morgan fingerprint density at radius 2 is 1.89 bits per heavy atom. The number of amides is 4. The first-order valence-electron chi connectivity index (χ1n) is 12.6. The van der Waals surface area contributed by atoms with Crippen LogP contribution in [0.3, 0.4) is 0 Å². The number of likely N-dealkylation sites (N-methyl/N-ethyl adjacent to an activating group) is 1. The Morgan fingerprint density at radius 3 is 2.63 bits per heavy atom. The maximum Gasteiger partial charge on any atom is 0.326 e. The summed E-state index contributed by atoms with van der Waals surface area (Å²) in [5.74, 6) is -0.509. The molecule has 0 radical (unpaired) electrons. The Bertz CT molecular complexity index is 1410. The first-order valence-corrected chi connectivity index (χ1v) is 12.6. The first-order chi connectivity index (χ1) is 18.4. The van der Waals surface area contributed by atoms with Crippen LogP contribution in [0.4, 0.5) is 4.79 Å². The van der Waals surface area contributed by atoms with Crippen LogP contribution in [0.25, 0.3) is 10.9 Å². The van der Waals surface area contributed by atoms with Crippen LogP contribution in [-0.4, -0.2) is 88.9 Å². The van der Waals surface area contributed by atoms with Crippen LogP contribution < -0.4 is 10.2 Å². The summed E-state index contributed by atoms with van der Waals surface area (Å²) in [5.41, 5.74) is 5.74. The summed E-state index contributed by atoms with van der Waals surface area (Å²) >= 11 is 0. The molecule has 3 aliphatic rings. The number of rotatable bonds is 6. The van der Waals surface area contributed by atoms with Crippen molar-refractivity contribution in [2.45, 2.75) is 19.0 Å². The monoisotopic (exact) mass is 519 g/mol. The summed E-state index contributed by atoms with van der Waals surface area (Å²) in [4.78, 5) is 42.9. The van der Waals surface area contributed by atoms with Gasteiger partial charge >= 0.3 is 6.03 Å². The van der Waals surface area contributed by atoms with Crippen LogP contribution in [0.2, 0.25) is 0 Å². The predicted octanol–water partition coefficient (Wildman–Crippen LogP) is 1.97. The van der Waals surface area contributed by atoms with E-state index >= 15 is 0 Å². The molecule has 2 N–H and O–H groups in total. The molecule has 198 valence electrons.